The van der Waals surface area contributed by atoms with Crippen molar-refractivity contribution >= 4 is 11.6 Å². The van der Waals surface area contributed by atoms with E-state index in [9.17, 15) is 4.79 Å². The van der Waals surface area contributed by atoms with Gasteiger partial charge in [-0.05, 0) is 30.5 Å². The van der Waals surface area contributed by atoms with Gasteiger partial charge >= 0.3 is 0 Å². The van der Waals surface area contributed by atoms with Gasteiger partial charge in [0.05, 0.1) is 11.9 Å². The first-order valence-electron chi connectivity index (χ1n) is 6.86. The lowest BCUT2D eigenvalue weighted by Gasteiger charge is -2.06. The Morgan fingerprint density at radius 2 is 1.95 bits per heavy atom. The number of nitrogens with one attached hydrogen (secondary N) is 2. The molecule has 1 aliphatic rings. The number of nitrogens with zero attached hydrogens (tertiary/aromatic N) is 1. The maximum absolute atomic E-state index is 12.0. The molecule has 102 valence electrons. The molecule has 4 heteroatoms. The van der Waals surface area contributed by atoms with Gasteiger partial charge in [0.25, 0.3) is 5.91 Å². The van der Waals surface area contributed by atoms with Crippen molar-refractivity contribution in [2.45, 2.75) is 25.4 Å². The molecule has 1 aromatic carbocycles. The van der Waals surface area contributed by atoms with Crippen LogP contribution in [0.15, 0.2) is 48.7 Å². The van der Waals surface area contributed by atoms with Gasteiger partial charge < -0.3 is 10.6 Å². The Morgan fingerprint density at radius 1 is 1.15 bits per heavy atom. The third-order valence-electron chi connectivity index (χ3n) is 3.24. The fraction of sp³-hybridized carbons (Fsp3) is 0.250. The summed E-state index contributed by atoms with van der Waals surface area (Å²) in [5.41, 5.74) is 2.50. The second-order valence-electron chi connectivity index (χ2n) is 5.02. The largest absolute Gasteiger partial charge is 0.381 e. The molecular weight excluding hydrogens is 250 g/mol. The Kier molecular flexibility index (Phi) is 3.63. The molecule has 1 heterocycles. The van der Waals surface area contributed by atoms with Gasteiger partial charge in [-0.15, -0.1) is 0 Å². The van der Waals surface area contributed by atoms with Crippen LogP contribution >= 0.6 is 0 Å². The number of carbonyl (C=O) groups excluding carboxylic acids is 1. The van der Waals surface area contributed by atoms with Gasteiger partial charge in [0.2, 0.25) is 0 Å². The first kappa shape index (κ1) is 12.7. The number of amides is 1. The summed E-state index contributed by atoms with van der Waals surface area (Å²) in [7, 11) is 0. The average Bonchev–Trinajstić information content (AvgIpc) is 3.31. The fourth-order valence-corrected chi connectivity index (χ4v) is 1.95. The van der Waals surface area contributed by atoms with Crippen molar-refractivity contribution in [3.8, 4) is 0 Å². The number of hydrogen-bond acceptors (Lipinski definition) is 3. The Bertz CT molecular complexity index is 576. The zero-order chi connectivity index (χ0) is 13.8. The number of aromatic nitrogens is 1. The molecule has 20 heavy (non-hydrogen) atoms. The first-order valence-corrected chi connectivity index (χ1v) is 6.86. The minimum atomic E-state index is -0.146. The van der Waals surface area contributed by atoms with Crippen LogP contribution in [0.1, 0.15) is 28.9 Å². The topological polar surface area (TPSA) is 54.0 Å². The van der Waals surface area contributed by atoms with Crippen molar-refractivity contribution in [2.24, 2.45) is 0 Å². The van der Waals surface area contributed by atoms with E-state index in [1.54, 1.807) is 12.3 Å². The predicted molar refractivity (Wildman–Crippen MR) is 78.5 cm³/mol. The predicted octanol–water partition coefficient (Wildman–Crippen LogP) is 2.59. The van der Waals surface area contributed by atoms with Crippen LogP contribution in [0.2, 0.25) is 0 Å². The van der Waals surface area contributed by atoms with Gasteiger partial charge in [0, 0.05) is 12.6 Å². The van der Waals surface area contributed by atoms with E-state index in [0.29, 0.717) is 18.3 Å². The number of benzene rings is 1. The molecule has 1 amide bonds. The number of hydrogen-bond donors (Lipinski definition) is 2. The lowest BCUT2D eigenvalue weighted by Crippen LogP contribution is -2.23. The normalized spacial score (nSPS) is 13.8. The van der Waals surface area contributed by atoms with Crippen molar-refractivity contribution in [1.82, 2.24) is 10.3 Å². The van der Waals surface area contributed by atoms with E-state index >= 15 is 0 Å². The number of anilines is 1. The molecule has 0 radical (unpaired) electrons. The molecule has 4 nitrogen and oxygen atoms in total. The van der Waals surface area contributed by atoms with Crippen LogP contribution in [0, 0.1) is 0 Å². The Morgan fingerprint density at radius 3 is 2.60 bits per heavy atom. The Labute approximate surface area is 118 Å². The van der Waals surface area contributed by atoms with Gasteiger partial charge in [0.15, 0.2) is 0 Å². The zero-order valence-corrected chi connectivity index (χ0v) is 11.2. The van der Waals surface area contributed by atoms with Crippen LogP contribution < -0.4 is 10.6 Å². The van der Waals surface area contributed by atoms with E-state index in [1.165, 1.54) is 12.8 Å². The van der Waals surface area contributed by atoms with Crippen LogP contribution in [0.25, 0.3) is 0 Å². The van der Waals surface area contributed by atoms with Crippen LogP contribution in [0.4, 0.5) is 5.69 Å². The second-order valence-corrected chi connectivity index (χ2v) is 5.02. The van der Waals surface area contributed by atoms with Crippen molar-refractivity contribution in [3.05, 3.63) is 59.9 Å². The monoisotopic (exact) mass is 267 g/mol. The summed E-state index contributed by atoms with van der Waals surface area (Å²) in [6.07, 6.45) is 4.16. The highest BCUT2D eigenvalue weighted by Gasteiger charge is 2.20. The summed E-state index contributed by atoms with van der Waals surface area (Å²) in [4.78, 5) is 16.2. The van der Waals surface area contributed by atoms with Crippen molar-refractivity contribution < 1.29 is 4.79 Å². The van der Waals surface area contributed by atoms with Crippen LogP contribution in [-0.4, -0.2) is 16.9 Å². The molecule has 3 rings (SSSR count). The molecule has 1 aromatic heterocycles. The average molecular weight is 267 g/mol. The standard InChI is InChI=1S/C16H17N3O/c20-16(18-10-12-4-2-1-3-5-12)15-9-8-14(11-17-15)19-13-6-7-13/h1-5,8-9,11,13,19H,6-7,10H2,(H,18,20). The smallest absolute Gasteiger partial charge is 0.270 e. The fourth-order valence-electron chi connectivity index (χ4n) is 1.95. The van der Waals surface area contributed by atoms with E-state index in [-0.39, 0.29) is 5.91 Å². The van der Waals surface area contributed by atoms with E-state index in [1.807, 2.05) is 36.4 Å². The van der Waals surface area contributed by atoms with Crippen LogP contribution in [0.3, 0.4) is 0 Å². The Balaban J connectivity index is 1.56. The van der Waals surface area contributed by atoms with Gasteiger partial charge in [-0.3, -0.25) is 4.79 Å². The molecule has 0 aliphatic heterocycles. The van der Waals surface area contributed by atoms with E-state index in [0.717, 1.165) is 11.3 Å². The van der Waals surface area contributed by atoms with Gasteiger partial charge in [0.1, 0.15) is 5.69 Å². The summed E-state index contributed by atoms with van der Waals surface area (Å²) < 4.78 is 0. The van der Waals surface area contributed by atoms with Gasteiger partial charge in [-0.2, -0.15) is 0 Å². The third kappa shape index (κ3) is 3.35. The maximum Gasteiger partial charge on any atom is 0.270 e. The quantitative estimate of drug-likeness (QED) is 0.875. The maximum atomic E-state index is 12.0. The molecule has 0 atom stereocenters. The highest BCUT2D eigenvalue weighted by molar-refractivity contribution is 5.92. The molecule has 1 saturated carbocycles. The third-order valence-corrected chi connectivity index (χ3v) is 3.24. The van der Waals surface area contributed by atoms with Gasteiger partial charge in [-0.1, -0.05) is 30.3 Å². The summed E-state index contributed by atoms with van der Waals surface area (Å²) >= 11 is 0. The first-order chi connectivity index (χ1) is 9.81. The minimum absolute atomic E-state index is 0.146. The van der Waals surface area contributed by atoms with Crippen molar-refractivity contribution in [1.29, 1.82) is 0 Å². The minimum Gasteiger partial charge on any atom is -0.381 e. The summed E-state index contributed by atoms with van der Waals surface area (Å²) in [5.74, 6) is -0.146. The SMILES string of the molecule is O=C(NCc1ccccc1)c1ccc(NC2CC2)cn1. The highest BCUT2D eigenvalue weighted by Crippen LogP contribution is 2.24. The lowest BCUT2D eigenvalue weighted by atomic mass is 10.2. The zero-order valence-electron chi connectivity index (χ0n) is 11.2. The summed E-state index contributed by atoms with van der Waals surface area (Å²) in [5, 5.41) is 6.21. The molecule has 2 aromatic rings. The number of pyridine rings is 1. The van der Waals surface area contributed by atoms with Crippen LogP contribution in [-0.2, 0) is 6.54 Å². The molecule has 1 aliphatic carbocycles. The van der Waals surface area contributed by atoms with E-state index in [2.05, 4.69) is 15.6 Å². The van der Waals surface area contributed by atoms with Gasteiger partial charge in [-0.25, -0.2) is 4.98 Å². The molecule has 0 bridgehead atoms. The second kappa shape index (κ2) is 5.74. The van der Waals surface area contributed by atoms with E-state index in [4.69, 9.17) is 0 Å². The highest BCUT2D eigenvalue weighted by atomic mass is 16.1. The molecule has 1 fully saturated rings. The number of rotatable bonds is 5. The molecular formula is C16H17N3O. The molecule has 0 spiro atoms. The lowest BCUT2D eigenvalue weighted by molar-refractivity contribution is 0.0946. The molecule has 0 saturated heterocycles. The molecule has 2 N–H and O–H groups in total. The molecule has 0 unspecified atom stereocenters. The van der Waals surface area contributed by atoms with Crippen LogP contribution in [0.5, 0.6) is 0 Å². The number of carbonyl (C=O) groups is 1. The van der Waals surface area contributed by atoms with Crippen molar-refractivity contribution in [3.63, 3.8) is 0 Å². The summed E-state index contributed by atoms with van der Waals surface area (Å²) in [6.45, 7) is 0.517. The van der Waals surface area contributed by atoms with E-state index < -0.39 is 0 Å². The summed E-state index contributed by atoms with van der Waals surface area (Å²) in [6, 6.07) is 14.1. The Hall–Kier alpha value is -2.36. The van der Waals surface area contributed by atoms with Crippen molar-refractivity contribution in [2.75, 3.05) is 5.32 Å².